The summed E-state index contributed by atoms with van der Waals surface area (Å²) in [7, 11) is 1.50. The van der Waals surface area contributed by atoms with Crippen LogP contribution in [0.4, 0.5) is 10.8 Å². The number of hydrogen-bond donors (Lipinski definition) is 2. The number of benzene rings is 2. The summed E-state index contributed by atoms with van der Waals surface area (Å²) in [6, 6.07) is 14.0. The molecule has 0 saturated carbocycles. The first-order chi connectivity index (χ1) is 17.9. The molecule has 1 aromatic heterocycles. The molecule has 0 saturated heterocycles. The third-order valence-corrected chi connectivity index (χ3v) is 5.70. The molecule has 0 radical (unpaired) electrons. The molecule has 0 aliphatic rings. The number of carbonyl (C=O) groups is 2. The molecule has 192 valence electrons. The van der Waals surface area contributed by atoms with Crippen molar-refractivity contribution in [3.8, 4) is 23.3 Å². The van der Waals surface area contributed by atoms with Crippen molar-refractivity contribution >= 4 is 40.0 Å². The lowest BCUT2D eigenvalue weighted by atomic mass is 10.1. The molecule has 2 aromatic carbocycles. The van der Waals surface area contributed by atoms with Gasteiger partial charge in [0.25, 0.3) is 5.91 Å². The minimum Gasteiger partial charge on any atom is -0.493 e. The van der Waals surface area contributed by atoms with E-state index in [1.807, 2.05) is 13.0 Å². The number of nitrogens with one attached hydrogen (secondary N) is 2. The molecular formula is C26H27N5O5S. The van der Waals surface area contributed by atoms with E-state index >= 15 is 0 Å². The Morgan fingerprint density at radius 1 is 1.05 bits per heavy atom. The Hall–Kier alpha value is -4.43. The number of nitriles is 1. The first-order valence-electron chi connectivity index (χ1n) is 11.5. The minimum atomic E-state index is -0.566. The number of nitrogens with zero attached hydrogens (tertiary/aromatic N) is 3. The number of anilines is 2. The van der Waals surface area contributed by atoms with Crippen LogP contribution in [-0.4, -0.2) is 42.3 Å². The maximum Gasteiger partial charge on any atom is 0.268 e. The van der Waals surface area contributed by atoms with Gasteiger partial charge in [-0.2, -0.15) is 5.26 Å². The summed E-state index contributed by atoms with van der Waals surface area (Å²) in [6.07, 6.45) is 3.17. The monoisotopic (exact) mass is 521 g/mol. The highest BCUT2D eigenvalue weighted by Crippen LogP contribution is 2.29. The fraction of sp³-hybridized carbons (Fsp3) is 0.269. The minimum absolute atomic E-state index is 0.0825. The van der Waals surface area contributed by atoms with Crippen LogP contribution in [-0.2, 0) is 16.0 Å². The van der Waals surface area contributed by atoms with E-state index in [0.717, 1.165) is 17.8 Å². The summed E-state index contributed by atoms with van der Waals surface area (Å²) in [4.78, 5) is 23.6. The number of ether oxygens (including phenoxy) is 3. The predicted molar refractivity (Wildman–Crippen MR) is 141 cm³/mol. The van der Waals surface area contributed by atoms with Crippen LogP contribution in [0.3, 0.4) is 0 Å². The van der Waals surface area contributed by atoms with E-state index < -0.39 is 5.91 Å². The number of amides is 2. The summed E-state index contributed by atoms with van der Waals surface area (Å²) in [5.41, 5.74) is 1.20. The van der Waals surface area contributed by atoms with Crippen molar-refractivity contribution in [2.75, 3.05) is 31.0 Å². The molecule has 3 rings (SSSR count). The Bertz CT molecular complexity index is 1300. The van der Waals surface area contributed by atoms with Crippen LogP contribution < -0.4 is 24.8 Å². The average Bonchev–Trinajstić information content (AvgIpc) is 3.33. The highest BCUT2D eigenvalue weighted by Gasteiger charge is 2.14. The quantitative estimate of drug-likeness (QED) is 0.203. The number of aromatic nitrogens is 2. The Morgan fingerprint density at radius 2 is 1.81 bits per heavy atom. The molecule has 37 heavy (non-hydrogen) atoms. The number of aryl methyl sites for hydroxylation is 1. The molecule has 0 spiro atoms. The van der Waals surface area contributed by atoms with Gasteiger partial charge in [-0.15, -0.1) is 10.2 Å². The average molecular weight is 522 g/mol. The van der Waals surface area contributed by atoms with E-state index in [1.54, 1.807) is 42.5 Å². The van der Waals surface area contributed by atoms with Gasteiger partial charge in [0.15, 0.2) is 11.5 Å². The Morgan fingerprint density at radius 3 is 2.49 bits per heavy atom. The van der Waals surface area contributed by atoms with Crippen molar-refractivity contribution in [2.45, 2.75) is 26.7 Å². The molecule has 3 aromatic rings. The van der Waals surface area contributed by atoms with Crippen LogP contribution in [0.5, 0.6) is 17.2 Å². The standard InChI is InChI=1S/C26H27N5O5S/c1-4-5-24-30-31-26(37-24)29-25(33)19(16-27)14-18-6-11-22(23(15-18)34-3)36-13-12-35-21-9-7-20(8-10-21)28-17(2)32/h6-11,14-15H,4-5,12-13H2,1-3H3,(H,28,32)(H,29,31,33)/b19-14-. The van der Waals surface area contributed by atoms with E-state index in [4.69, 9.17) is 14.2 Å². The van der Waals surface area contributed by atoms with E-state index in [-0.39, 0.29) is 24.7 Å². The highest BCUT2D eigenvalue weighted by atomic mass is 32.1. The van der Waals surface area contributed by atoms with Crippen LogP contribution in [0, 0.1) is 11.3 Å². The second-order valence-corrected chi connectivity index (χ2v) is 8.75. The van der Waals surface area contributed by atoms with E-state index in [9.17, 15) is 14.9 Å². The van der Waals surface area contributed by atoms with Crippen LogP contribution >= 0.6 is 11.3 Å². The van der Waals surface area contributed by atoms with Gasteiger partial charge < -0.3 is 19.5 Å². The Kier molecular flexibility index (Phi) is 9.99. The molecule has 0 fully saturated rings. The molecule has 10 nitrogen and oxygen atoms in total. The van der Waals surface area contributed by atoms with Crippen molar-refractivity contribution in [1.29, 1.82) is 5.26 Å². The van der Waals surface area contributed by atoms with Gasteiger partial charge in [-0.05, 0) is 54.5 Å². The summed E-state index contributed by atoms with van der Waals surface area (Å²) in [6.45, 7) is 4.02. The zero-order valence-corrected chi connectivity index (χ0v) is 21.6. The maximum atomic E-state index is 12.5. The molecule has 1 heterocycles. The molecule has 0 unspecified atom stereocenters. The molecule has 0 bridgehead atoms. The van der Waals surface area contributed by atoms with Crippen LogP contribution in [0.15, 0.2) is 48.0 Å². The van der Waals surface area contributed by atoms with Crippen LogP contribution in [0.1, 0.15) is 30.8 Å². The van der Waals surface area contributed by atoms with Gasteiger partial charge in [-0.25, -0.2) is 0 Å². The fourth-order valence-electron chi connectivity index (χ4n) is 3.14. The lowest BCUT2D eigenvalue weighted by Crippen LogP contribution is -2.13. The lowest BCUT2D eigenvalue weighted by Gasteiger charge is -2.12. The largest absolute Gasteiger partial charge is 0.493 e. The van der Waals surface area contributed by atoms with Crippen molar-refractivity contribution in [3.63, 3.8) is 0 Å². The maximum absolute atomic E-state index is 12.5. The third kappa shape index (κ3) is 8.33. The number of rotatable bonds is 12. The zero-order valence-electron chi connectivity index (χ0n) is 20.7. The van der Waals surface area contributed by atoms with Crippen molar-refractivity contribution < 1.29 is 23.8 Å². The Balaban J connectivity index is 1.57. The van der Waals surface area contributed by atoms with Crippen molar-refractivity contribution in [2.24, 2.45) is 0 Å². The van der Waals surface area contributed by atoms with Gasteiger partial charge in [0.2, 0.25) is 11.0 Å². The van der Waals surface area contributed by atoms with Crippen LogP contribution in [0.2, 0.25) is 0 Å². The third-order valence-electron chi connectivity index (χ3n) is 4.80. The predicted octanol–water partition coefficient (Wildman–Crippen LogP) is 4.46. The molecular weight excluding hydrogens is 494 g/mol. The smallest absolute Gasteiger partial charge is 0.268 e. The van der Waals surface area contributed by atoms with Gasteiger partial charge in [0.05, 0.1) is 7.11 Å². The van der Waals surface area contributed by atoms with E-state index in [0.29, 0.717) is 33.6 Å². The first-order valence-corrected chi connectivity index (χ1v) is 12.3. The van der Waals surface area contributed by atoms with Gasteiger partial charge in [0, 0.05) is 19.0 Å². The molecule has 11 heteroatoms. The van der Waals surface area contributed by atoms with Gasteiger partial charge >= 0.3 is 0 Å². The van der Waals surface area contributed by atoms with Crippen molar-refractivity contribution in [3.05, 3.63) is 58.6 Å². The van der Waals surface area contributed by atoms with Crippen LogP contribution in [0.25, 0.3) is 6.08 Å². The second kappa shape index (κ2) is 13.6. The number of hydrogen-bond acceptors (Lipinski definition) is 9. The Labute approximate surface area is 218 Å². The first kappa shape index (κ1) is 27.2. The molecule has 0 aliphatic carbocycles. The summed E-state index contributed by atoms with van der Waals surface area (Å²) >= 11 is 1.29. The van der Waals surface area contributed by atoms with Gasteiger partial charge in [-0.3, -0.25) is 14.9 Å². The zero-order chi connectivity index (χ0) is 26.6. The van der Waals surface area contributed by atoms with E-state index in [2.05, 4.69) is 20.8 Å². The van der Waals surface area contributed by atoms with Gasteiger partial charge in [0.1, 0.15) is 35.6 Å². The highest BCUT2D eigenvalue weighted by molar-refractivity contribution is 7.15. The number of carbonyl (C=O) groups excluding carboxylic acids is 2. The lowest BCUT2D eigenvalue weighted by molar-refractivity contribution is -0.114. The SMILES string of the molecule is CCCc1nnc(NC(=O)/C(C#N)=C\c2ccc(OCCOc3ccc(NC(C)=O)cc3)c(OC)c2)s1. The molecule has 2 amide bonds. The summed E-state index contributed by atoms with van der Waals surface area (Å²) in [5.74, 6) is 0.869. The summed E-state index contributed by atoms with van der Waals surface area (Å²) in [5, 5.41) is 23.9. The fourth-order valence-corrected chi connectivity index (χ4v) is 3.98. The van der Waals surface area contributed by atoms with Crippen molar-refractivity contribution in [1.82, 2.24) is 10.2 Å². The molecule has 2 N–H and O–H groups in total. The second-order valence-electron chi connectivity index (χ2n) is 7.69. The number of methoxy groups -OCH3 is 1. The molecule has 0 aliphatic heterocycles. The van der Waals surface area contributed by atoms with Gasteiger partial charge in [-0.1, -0.05) is 24.3 Å². The summed E-state index contributed by atoms with van der Waals surface area (Å²) < 4.78 is 16.9. The normalized spacial score (nSPS) is 10.8. The topological polar surface area (TPSA) is 135 Å². The van der Waals surface area contributed by atoms with E-state index in [1.165, 1.54) is 31.4 Å². The molecule has 0 atom stereocenters.